The molecule has 1 saturated heterocycles. The summed E-state index contributed by atoms with van der Waals surface area (Å²) in [5, 5.41) is 0.860. The zero-order valence-corrected chi connectivity index (χ0v) is 27.6. The molecule has 0 aliphatic carbocycles. The number of pyridine rings is 1. The van der Waals surface area contributed by atoms with Gasteiger partial charge < -0.3 is 28.6 Å². The Morgan fingerprint density at radius 3 is 2.34 bits per heavy atom. The second-order valence-electron chi connectivity index (χ2n) is 12.4. The van der Waals surface area contributed by atoms with Gasteiger partial charge >= 0.3 is 6.18 Å². The smallest absolute Gasteiger partial charge is 0.416 e. The molecular formula is C38H36F3N5O4. The van der Waals surface area contributed by atoms with E-state index in [1.165, 1.54) is 17.7 Å². The number of alkyl halides is 3. The van der Waals surface area contributed by atoms with E-state index in [-0.39, 0.29) is 18.7 Å². The Morgan fingerprint density at radius 1 is 0.940 bits per heavy atom. The number of rotatable bonds is 9. The van der Waals surface area contributed by atoms with Crippen LogP contribution in [0.15, 0.2) is 109 Å². The molecule has 0 N–H and O–H groups in total. The molecule has 3 aromatic carbocycles. The minimum Gasteiger partial charge on any atom is -0.462 e. The van der Waals surface area contributed by atoms with E-state index in [1.807, 2.05) is 59.0 Å². The van der Waals surface area contributed by atoms with E-state index in [9.17, 15) is 18.0 Å². The maximum absolute atomic E-state index is 13.8. The Balaban J connectivity index is 0.995. The summed E-state index contributed by atoms with van der Waals surface area (Å²) in [7, 11) is 3.64. The summed E-state index contributed by atoms with van der Waals surface area (Å²) in [5.74, 6) is 1.70. The number of halogens is 3. The van der Waals surface area contributed by atoms with Crippen LogP contribution in [0.3, 0.4) is 0 Å². The third-order valence-corrected chi connectivity index (χ3v) is 9.28. The Morgan fingerprint density at radius 2 is 1.68 bits per heavy atom. The second-order valence-corrected chi connectivity index (χ2v) is 12.4. The molecule has 1 fully saturated rings. The molecular weight excluding hydrogens is 647 g/mol. The number of carbonyl (C=O) groups is 1. The van der Waals surface area contributed by atoms with E-state index < -0.39 is 11.7 Å². The number of fused-ring (bicyclic) bond motifs is 1. The fourth-order valence-corrected chi connectivity index (χ4v) is 6.44. The van der Waals surface area contributed by atoms with Crippen molar-refractivity contribution < 1.29 is 32.2 Å². The van der Waals surface area contributed by atoms with E-state index >= 15 is 0 Å². The highest BCUT2D eigenvalue weighted by atomic mass is 19.4. The molecule has 5 aromatic rings. The van der Waals surface area contributed by atoms with Gasteiger partial charge in [0.15, 0.2) is 5.76 Å². The van der Waals surface area contributed by atoms with Crippen LogP contribution in [0.2, 0.25) is 0 Å². The minimum absolute atomic E-state index is 0.0267. The zero-order valence-electron chi connectivity index (χ0n) is 27.6. The maximum atomic E-state index is 13.8. The number of nitrogens with zero attached hydrogens (tertiary/aromatic N) is 5. The van der Waals surface area contributed by atoms with E-state index in [0.29, 0.717) is 54.9 Å². The molecule has 1 amide bonds. The van der Waals surface area contributed by atoms with Crippen LogP contribution in [-0.4, -0.2) is 71.3 Å². The van der Waals surface area contributed by atoms with Gasteiger partial charge in [-0.15, -0.1) is 0 Å². The largest absolute Gasteiger partial charge is 0.462 e. The fraction of sp³-hybridized carbons (Fsp3) is 0.263. The molecule has 0 saturated carbocycles. The first-order valence-electron chi connectivity index (χ1n) is 16.3. The van der Waals surface area contributed by atoms with Gasteiger partial charge in [0.05, 0.1) is 23.5 Å². The van der Waals surface area contributed by atoms with Crippen molar-refractivity contribution in [2.75, 3.05) is 44.9 Å². The van der Waals surface area contributed by atoms with Gasteiger partial charge in [0.25, 0.3) is 5.91 Å². The third kappa shape index (κ3) is 6.97. The van der Waals surface area contributed by atoms with Gasteiger partial charge in [-0.2, -0.15) is 13.2 Å². The number of aryl methyl sites for hydroxylation is 1. The first-order chi connectivity index (χ1) is 24.1. The second kappa shape index (κ2) is 13.8. The molecule has 0 spiro atoms. The summed E-state index contributed by atoms with van der Waals surface area (Å²) in [6.07, 6.45) is -0.299. The Labute approximate surface area is 287 Å². The van der Waals surface area contributed by atoms with Gasteiger partial charge in [-0.3, -0.25) is 9.69 Å². The first kappa shape index (κ1) is 33.0. The van der Waals surface area contributed by atoms with Crippen LogP contribution in [0.25, 0.3) is 10.9 Å². The molecule has 1 atom stereocenters. The molecule has 50 heavy (non-hydrogen) atoms. The number of ether oxygens (including phenoxy) is 3. The predicted octanol–water partition coefficient (Wildman–Crippen LogP) is 7.37. The summed E-state index contributed by atoms with van der Waals surface area (Å²) >= 11 is 0. The monoisotopic (exact) mass is 683 g/mol. The van der Waals surface area contributed by atoms with Gasteiger partial charge in [-0.05, 0) is 66.6 Å². The number of benzene rings is 3. The highest BCUT2D eigenvalue weighted by molar-refractivity contribution is 5.99. The van der Waals surface area contributed by atoms with Gasteiger partial charge in [-0.25, -0.2) is 4.98 Å². The van der Waals surface area contributed by atoms with Crippen LogP contribution in [0.1, 0.15) is 21.6 Å². The molecule has 258 valence electrons. The lowest BCUT2D eigenvalue weighted by molar-refractivity contribution is -0.137. The Bertz CT molecular complexity index is 1990. The number of carbonyl (C=O) groups excluding carboxylic acids is 1. The summed E-state index contributed by atoms with van der Waals surface area (Å²) < 4.78 is 58.0. The van der Waals surface area contributed by atoms with Gasteiger partial charge in [0.2, 0.25) is 12.7 Å². The van der Waals surface area contributed by atoms with Crippen molar-refractivity contribution >= 4 is 28.2 Å². The number of hydrogen-bond acceptors (Lipinski definition) is 7. The average Bonchev–Trinajstić information content (AvgIpc) is 3.79. The molecule has 9 nitrogen and oxygen atoms in total. The van der Waals surface area contributed by atoms with Crippen molar-refractivity contribution in [2.24, 2.45) is 7.05 Å². The third-order valence-electron chi connectivity index (χ3n) is 9.28. The maximum Gasteiger partial charge on any atom is 0.416 e. The van der Waals surface area contributed by atoms with Crippen molar-refractivity contribution in [3.63, 3.8) is 0 Å². The number of anilines is 2. The van der Waals surface area contributed by atoms with Crippen molar-refractivity contribution in [3.8, 4) is 11.6 Å². The van der Waals surface area contributed by atoms with E-state index in [4.69, 9.17) is 14.2 Å². The minimum atomic E-state index is -4.39. The molecule has 2 aliphatic rings. The van der Waals surface area contributed by atoms with Crippen molar-refractivity contribution in [1.82, 2.24) is 19.4 Å². The highest BCUT2D eigenvalue weighted by Gasteiger charge is 2.32. The van der Waals surface area contributed by atoms with Crippen LogP contribution in [-0.2, 0) is 29.1 Å². The summed E-state index contributed by atoms with van der Waals surface area (Å²) in [6, 6.07) is 26.3. The molecule has 0 bridgehead atoms. The summed E-state index contributed by atoms with van der Waals surface area (Å²) in [5.41, 5.74) is 3.28. The predicted molar refractivity (Wildman–Crippen MR) is 183 cm³/mol. The standard InChI is InChI=1S/C38H36F3N5O4/c1-43(29-10-8-28(9-11-29)38(39,40)41)30-12-15-36(42-23-30)50-31-13-14-32-27(21-31)22-34(44(32)2)37(47)46-18-16-45(17-19-46)33(35-24-48-25-49-35)20-26-6-4-3-5-7-26/h3-15,21-24,33H,16-20,25H2,1-2H3. The number of aromatic nitrogens is 2. The average molecular weight is 684 g/mol. The number of amides is 1. The highest BCUT2D eigenvalue weighted by Crippen LogP contribution is 2.33. The molecule has 7 rings (SSSR count). The molecule has 12 heteroatoms. The summed E-state index contributed by atoms with van der Waals surface area (Å²) in [6.45, 7) is 2.81. The van der Waals surface area contributed by atoms with E-state index in [1.54, 1.807) is 36.5 Å². The molecule has 2 aliphatic heterocycles. The molecule has 1 unspecified atom stereocenters. The topological polar surface area (TPSA) is 72.3 Å². The van der Waals surface area contributed by atoms with Gasteiger partial charge in [0, 0.05) is 62.9 Å². The first-order valence-corrected chi connectivity index (χ1v) is 16.3. The van der Waals surface area contributed by atoms with Crippen LogP contribution < -0.4 is 9.64 Å². The normalized spacial score (nSPS) is 15.7. The number of hydrogen-bond donors (Lipinski definition) is 0. The molecule has 4 heterocycles. The van der Waals surface area contributed by atoms with Crippen LogP contribution in [0, 0.1) is 0 Å². The summed E-state index contributed by atoms with van der Waals surface area (Å²) in [4.78, 5) is 24.2. The van der Waals surface area contributed by atoms with Crippen molar-refractivity contribution in [2.45, 2.75) is 18.6 Å². The van der Waals surface area contributed by atoms with Gasteiger partial charge in [-0.1, -0.05) is 30.3 Å². The molecule has 2 aromatic heterocycles. The fourth-order valence-electron chi connectivity index (χ4n) is 6.44. The van der Waals surface area contributed by atoms with Crippen molar-refractivity contribution in [3.05, 3.63) is 126 Å². The van der Waals surface area contributed by atoms with Crippen LogP contribution in [0.4, 0.5) is 24.5 Å². The lowest BCUT2D eigenvalue weighted by Crippen LogP contribution is -2.53. The lowest BCUT2D eigenvalue weighted by Gasteiger charge is -2.39. The lowest BCUT2D eigenvalue weighted by atomic mass is 10.0. The van der Waals surface area contributed by atoms with Gasteiger partial charge in [0.1, 0.15) is 17.7 Å². The van der Waals surface area contributed by atoms with Crippen LogP contribution in [0.5, 0.6) is 11.6 Å². The molecule has 0 radical (unpaired) electrons. The quantitative estimate of drug-likeness (QED) is 0.161. The van der Waals surface area contributed by atoms with E-state index in [2.05, 4.69) is 22.0 Å². The zero-order chi connectivity index (χ0) is 34.8. The SMILES string of the molecule is CN(c1ccc(C(F)(F)F)cc1)c1ccc(Oc2ccc3c(c2)cc(C(=O)N2CCN(C(Cc4ccccc4)C4=COCO4)CC2)n3C)nc1. The van der Waals surface area contributed by atoms with E-state index in [0.717, 1.165) is 35.2 Å². The number of piperazine rings is 1. The Kier molecular flexibility index (Phi) is 9.11. The Hall–Kier alpha value is -5.49. The van der Waals surface area contributed by atoms with Crippen LogP contribution >= 0.6 is 0 Å². The van der Waals surface area contributed by atoms with Crippen molar-refractivity contribution in [1.29, 1.82) is 0 Å².